The summed E-state index contributed by atoms with van der Waals surface area (Å²) in [6.45, 7) is 4.16. The van der Waals surface area contributed by atoms with Gasteiger partial charge in [-0.05, 0) is 46.5 Å². The van der Waals surface area contributed by atoms with Gasteiger partial charge in [0.25, 0.3) is 5.56 Å². The molecule has 0 saturated heterocycles. The molecule has 3 rings (SSSR count). The van der Waals surface area contributed by atoms with Crippen LogP contribution in [0.2, 0.25) is 0 Å². The highest BCUT2D eigenvalue weighted by Crippen LogP contribution is 2.20. The van der Waals surface area contributed by atoms with E-state index in [1.54, 1.807) is 17.5 Å². The van der Waals surface area contributed by atoms with Gasteiger partial charge in [0.05, 0.1) is 0 Å². The van der Waals surface area contributed by atoms with Gasteiger partial charge in [0, 0.05) is 17.6 Å². The molecule has 3 aromatic rings. The van der Waals surface area contributed by atoms with Crippen LogP contribution in [0.1, 0.15) is 30.9 Å². The van der Waals surface area contributed by atoms with Crippen molar-refractivity contribution >= 4 is 32.3 Å². The van der Waals surface area contributed by atoms with Crippen molar-refractivity contribution in [3.8, 4) is 0 Å². The van der Waals surface area contributed by atoms with E-state index in [0.29, 0.717) is 11.5 Å². The summed E-state index contributed by atoms with van der Waals surface area (Å²) in [5.74, 6) is 0.377. The number of fused-ring (bicyclic) bond motifs is 1. The van der Waals surface area contributed by atoms with Crippen LogP contribution in [0.5, 0.6) is 0 Å². The maximum Gasteiger partial charge on any atom is 0.252 e. The van der Waals surface area contributed by atoms with Crippen LogP contribution in [0, 0.1) is 0 Å². The van der Waals surface area contributed by atoms with Crippen LogP contribution >= 0.6 is 11.3 Å². The average molecular weight is 362 g/mol. The molecule has 0 bridgehead atoms. The smallest absolute Gasteiger partial charge is 0.252 e. The van der Waals surface area contributed by atoms with Crippen LogP contribution in [0.25, 0.3) is 10.9 Å². The van der Waals surface area contributed by atoms with Crippen LogP contribution in [-0.2, 0) is 16.6 Å². The molecule has 0 spiro atoms. The lowest BCUT2D eigenvalue weighted by Crippen LogP contribution is -2.26. The number of rotatable bonds is 5. The molecule has 0 atom stereocenters. The van der Waals surface area contributed by atoms with E-state index in [9.17, 15) is 13.2 Å². The SMILES string of the molecule is CC(C)c1ccc2[nH]c(=O)c(CNS(=O)(=O)c3cccs3)cc2c1. The Labute approximate surface area is 144 Å². The lowest BCUT2D eigenvalue weighted by Gasteiger charge is -2.09. The van der Waals surface area contributed by atoms with Crippen molar-refractivity contribution < 1.29 is 8.42 Å². The fraction of sp³-hybridized carbons (Fsp3) is 0.235. The summed E-state index contributed by atoms with van der Waals surface area (Å²) in [6, 6.07) is 10.8. The molecule has 7 heteroatoms. The van der Waals surface area contributed by atoms with Gasteiger partial charge in [0.15, 0.2) is 0 Å². The zero-order valence-electron chi connectivity index (χ0n) is 13.4. The number of hydrogen-bond acceptors (Lipinski definition) is 4. The molecule has 5 nitrogen and oxygen atoms in total. The molecular formula is C17H18N2O3S2. The number of aromatic nitrogens is 1. The van der Waals surface area contributed by atoms with Crippen molar-refractivity contribution in [2.75, 3.05) is 0 Å². The summed E-state index contributed by atoms with van der Waals surface area (Å²) in [5.41, 5.74) is 2.02. The Morgan fingerprint density at radius 2 is 2.00 bits per heavy atom. The lowest BCUT2D eigenvalue weighted by atomic mass is 10.0. The minimum atomic E-state index is -3.59. The molecule has 0 aliphatic rings. The molecule has 2 N–H and O–H groups in total. The summed E-state index contributed by atoms with van der Waals surface area (Å²) in [4.78, 5) is 15.0. The van der Waals surface area contributed by atoms with Crippen molar-refractivity contribution in [3.63, 3.8) is 0 Å². The first-order valence-corrected chi connectivity index (χ1v) is 9.92. The molecule has 0 radical (unpaired) electrons. The molecule has 2 heterocycles. The number of sulfonamides is 1. The van der Waals surface area contributed by atoms with Gasteiger partial charge in [-0.15, -0.1) is 11.3 Å². The highest BCUT2D eigenvalue weighted by Gasteiger charge is 2.15. The first kappa shape index (κ1) is 16.9. The van der Waals surface area contributed by atoms with Gasteiger partial charge in [-0.1, -0.05) is 26.0 Å². The fourth-order valence-corrected chi connectivity index (χ4v) is 4.47. The van der Waals surface area contributed by atoms with E-state index in [4.69, 9.17) is 0 Å². The topological polar surface area (TPSA) is 79.0 Å². The third-order valence-corrected chi connectivity index (χ3v) is 6.62. The number of H-pyrrole nitrogens is 1. The van der Waals surface area contributed by atoms with Crippen LogP contribution in [0.3, 0.4) is 0 Å². The van der Waals surface area contributed by atoms with Crippen molar-refractivity contribution in [2.45, 2.75) is 30.5 Å². The molecule has 1 aromatic carbocycles. The van der Waals surface area contributed by atoms with Gasteiger partial charge in [-0.25, -0.2) is 13.1 Å². The normalized spacial score (nSPS) is 12.1. The van der Waals surface area contributed by atoms with Gasteiger partial charge in [-0.2, -0.15) is 0 Å². The second-order valence-corrected chi connectivity index (χ2v) is 8.82. The molecular weight excluding hydrogens is 344 g/mol. The Morgan fingerprint density at radius 3 is 2.67 bits per heavy atom. The van der Waals surface area contributed by atoms with E-state index in [1.165, 1.54) is 11.6 Å². The Hall–Kier alpha value is -1.96. The average Bonchev–Trinajstić information content (AvgIpc) is 3.07. The zero-order chi connectivity index (χ0) is 17.3. The van der Waals surface area contributed by atoms with Crippen LogP contribution < -0.4 is 10.3 Å². The predicted molar refractivity (Wildman–Crippen MR) is 97.0 cm³/mol. The number of benzene rings is 1. The third-order valence-electron chi connectivity index (χ3n) is 3.82. The number of nitrogens with one attached hydrogen (secondary N) is 2. The zero-order valence-corrected chi connectivity index (χ0v) is 15.0. The highest BCUT2D eigenvalue weighted by molar-refractivity contribution is 7.91. The quantitative estimate of drug-likeness (QED) is 0.731. The number of hydrogen-bond donors (Lipinski definition) is 2. The van der Waals surface area contributed by atoms with E-state index in [-0.39, 0.29) is 16.3 Å². The van der Waals surface area contributed by atoms with Gasteiger partial charge in [0.2, 0.25) is 10.0 Å². The van der Waals surface area contributed by atoms with Crippen molar-refractivity contribution in [2.24, 2.45) is 0 Å². The van der Waals surface area contributed by atoms with Crippen molar-refractivity contribution in [1.29, 1.82) is 0 Å². The summed E-state index contributed by atoms with van der Waals surface area (Å²) >= 11 is 1.14. The lowest BCUT2D eigenvalue weighted by molar-refractivity contribution is 0.583. The van der Waals surface area contributed by atoms with Gasteiger partial charge >= 0.3 is 0 Å². The summed E-state index contributed by atoms with van der Waals surface area (Å²) in [6.07, 6.45) is 0. The highest BCUT2D eigenvalue weighted by atomic mass is 32.2. The number of aromatic amines is 1. The summed E-state index contributed by atoms with van der Waals surface area (Å²) in [5, 5.41) is 2.59. The molecule has 0 aliphatic heterocycles. The monoisotopic (exact) mass is 362 g/mol. The molecule has 0 amide bonds. The maximum atomic E-state index is 12.2. The molecule has 126 valence electrons. The Morgan fingerprint density at radius 1 is 1.21 bits per heavy atom. The van der Waals surface area contributed by atoms with Crippen LogP contribution in [0.15, 0.2) is 50.8 Å². The Bertz CT molecular complexity index is 1020. The number of pyridine rings is 1. The first-order chi connectivity index (χ1) is 11.4. The van der Waals surface area contributed by atoms with Gasteiger partial charge in [-0.3, -0.25) is 4.79 Å². The van der Waals surface area contributed by atoms with E-state index in [2.05, 4.69) is 23.6 Å². The fourth-order valence-electron chi connectivity index (χ4n) is 2.42. The van der Waals surface area contributed by atoms with E-state index >= 15 is 0 Å². The van der Waals surface area contributed by atoms with Gasteiger partial charge < -0.3 is 4.98 Å². The predicted octanol–water partition coefficient (Wildman–Crippen LogP) is 3.19. The second kappa shape index (κ2) is 6.51. The minimum absolute atomic E-state index is 0.0442. The van der Waals surface area contributed by atoms with E-state index in [1.807, 2.05) is 18.2 Å². The molecule has 0 unspecified atom stereocenters. The maximum absolute atomic E-state index is 12.2. The van der Waals surface area contributed by atoms with E-state index < -0.39 is 10.0 Å². The Kier molecular flexibility index (Phi) is 4.58. The van der Waals surface area contributed by atoms with E-state index in [0.717, 1.165) is 22.2 Å². The van der Waals surface area contributed by atoms with Crippen LogP contribution in [-0.4, -0.2) is 13.4 Å². The minimum Gasteiger partial charge on any atom is -0.322 e. The molecule has 0 fully saturated rings. The third kappa shape index (κ3) is 3.43. The van der Waals surface area contributed by atoms with Gasteiger partial charge in [0.1, 0.15) is 4.21 Å². The molecule has 0 aliphatic carbocycles. The first-order valence-electron chi connectivity index (χ1n) is 7.56. The number of thiophene rings is 1. The molecule has 24 heavy (non-hydrogen) atoms. The van der Waals surface area contributed by atoms with Crippen molar-refractivity contribution in [1.82, 2.24) is 9.71 Å². The summed E-state index contributed by atoms with van der Waals surface area (Å²) in [7, 11) is -3.59. The standard InChI is InChI=1S/C17H18N2O3S2/c1-11(2)12-5-6-15-13(8-12)9-14(17(20)19-15)10-18-24(21,22)16-4-3-7-23-16/h3-9,11,18H,10H2,1-2H3,(H,19,20). The molecule has 0 saturated carbocycles. The van der Waals surface area contributed by atoms with Crippen molar-refractivity contribution in [3.05, 3.63) is 63.3 Å². The molecule has 2 aromatic heterocycles. The second-order valence-electron chi connectivity index (χ2n) is 5.88. The Balaban J connectivity index is 1.92. The summed E-state index contributed by atoms with van der Waals surface area (Å²) < 4.78 is 27.1. The van der Waals surface area contributed by atoms with Crippen LogP contribution in [0.4, 0.5) is 0 Å². The largest absolute Gasteiger partial charge is 0.322 e.